The zero-order chi connectivity index (χ0) is 36.0. The van der Waals surface area contributed by atoms with Crippen LogP contribution in [0.2, 0.25) is 0 Å². The van der Waals surface area contributed by atoms with Crippen molar-refractivity contribution in [3.63, 3.8) is 0 Å². The summed E-state index contributed by atoms with van der Waals surface area (Å²) in [6, 6.07) is 32.2. The van der Waals surface area contributed by atoms with Gasteiger partial charge in [0.1, 0.15) is 29.1 Å². The number of fused-ring (bicyclic) bond motifs is 1. The van der Waals surface area contributed by atoms with Gasteiger partial charge in [0.15, 0.2) is 5.78 Å². The molecule has 0 saturated carbocycles. The second kappa shape index (κ2) is 15.6. The van der Waals surface area contributed by atoms with E-state index in [-0.39, 0.29) is 23.1 Å². The van der Waals surface area contributed by atoms with Crippen molar-refractivity contribution in [3.05, 3.63) is 114 Å². The molecule has 1 amide bonds. The van der Waals surface area contributed by atoms with E-state index in [1.54, 1.807) is 19.1 Å². The highest BCUT2D eigenvalue weighted by atomic mass is 19.1. The fraction of sp³-hybridized carbons (Fsp3) is 0.333. The third-order valence-corrected chi connectivity index (χ3v) is 10.6. The Kier molecular flexibility index (Phi) is 10.8. The molecule has 260 valence electrons. The molecule has 0 aromatic heterocycles. The van der Waals surface area contributed by atoms with Crippen LogP contribution in [0.5, 0.6) is 0 Å². The normalized spacial score (nSPS) is 15.5. The van der Waals surface area contributed by atoms with E-state index >= 15 is 0 Å². The van der Waals surface area contributed by atoms with Crippen molar-refractivity contribution in [2.75, 3.05) is 55.7 Å². The Bertz CT molecular complexity index is 1990. The van der Waals surface area contributed by atoms with E-state index in [4.69, 9.17) is 0 Å². The van der Waals surface area contributed by atoms with Crippen molar-refractivity contribution in [1.82, 2.24) is 9.80 Å². The van der Waals surface area contributed by atoms with Crippen molar-refractivity contribution >= 4 is 39.4 Å². The average molecular weight is 683 g/mol. The van der Waals surface area contributed by atoms with Gasteiger partial charge >= 0.3 is 0 Å². The molecule has 4 aromatic carbocycles. The lowest BCUT2D eigenvalue weighted by molar-refractivity contribution is -0.133. The first kappa shape index (κ1) is 35.3. The van der Waals surface area contributed by atoms with Gasteiger partial charge in [0.25, 0.3) is 0 Å². The third-order valence-electron chi connectivity index (χ3n) is 10.6. The standard InChI is InChI=1S/C42H43FN6O2/c1-3-47(39-18-15-34-26-33(11-12-35(34)27-39)31(2)36(28-44)29-45)24-25-48-30-49(38-8-5-4-6-9-38)42(41(48)51)19-22-46(23-20-42)21-7-10-40(50)32-13-16-37(43)17-14-32/h4-6,8-9,11-18,26-27H,3,7,10,19-25,30H2,1-2H3. The molecule has 1 spiro atoms. The number of anilines is 2. The lowest BCUT2D eigenvalue weighted by Crippen LogP contribution is -2.56. The molecule has 0 bridgehead atoms. The Morgan fingerprint density at radius 2 is 1.55 bits per heavy atom. The number of allylic oxidation sites excluding steroid dienone is 2. The molecule has 0 atom stereocenters. The second-order valence-corrected chi connectivity index (χ2v) is 13.4. The van der Waals surface area contributed by atoms with E-state index in [0.717, 1.165) is 53.9 Å². The number of hydrogen-bond donors (Lipinski definition) is 0. The number of Topliss-reactive ketones (excluding diaryl/α,β-unsaturated/α-hetero) is 1. The summed E-state index contributed by atoms with van der Waals surface area (Å²) in [4.78, 5) is 36.0. The van der Waals surface area contributed by atoms with Crippen LogP contribution in [-0.2, 0) is 4.79 Å². The third kappa shape index (κ3) is 7.50. The Morgan fingerprint density at radius 1 is 0.882 bits per heavy atom. The van der Waals surface area contributed by atoms with Gasteiger partial charge in [-0.2, -0.15) is 10.5 Å². The van der Waals surface area contributed by atoms with E-state index in [0.29, 0.717) is 56.6 Å². The highest BCUT2D eigenvalue weighted by Gasteiger charge is 2.53. The van der Waals surface area contributed by atoms with Crippen LogP contribution in [0, 0.1) is 28.5 Å². The van der Waals surface area contributed by atoms with E-state index in [1.165, 1.54) is 12.1 Å². The number of hydrogen-bond acceptors (Lipinski definition) is 7. The minimum Gasteiger partial charge on any atom is -0.370 e. The molecular formula is C42H43FN6O2. The van der Waals surface area contributed by atoms with Crippen LogP contribution in [0.1, 0.15) is 55.5 Å². The molecule has 51 heavy (non-hydrogen) atoms. The minimum atomic E-state index is -0.608. The van der Waals surface area contributed by atoms with Crippen LogP contribution in [0.4, 0.5) is 15.8 Å². The highest BCUT2D eigenvalue weighted by Crippen LogP contribution is 2.39. The minimum absolute atomic E-state index is 0.0222. The largest absolute Gasteiger partial charge is 0.370 e. The number of likely N-dealkylation sites (tertiary alicyclic amines) is 1. The number of nitriles is 2. The van der Waals surface area contributed by atoms with Gasteiger partial charge in [-0.25, -0.2) is 4.39 Å². The summed E-state index contributed by atoms with van der Waals surface area (Å²) in [5.74, 6) is -0.147. The molecule has 2 aliphatic heterocycles. The summed E-state index contributed by atoms with van der Waals surface area (Å²) in [5, 5.41) is 20.7. The summed E-state index contributed by atoms with van der Waals surface area (Å²) in [7, 11) is 0. The first-order chi connectivity index (χ1) is 24.8. The van der Waals surface area contributed by atoms with Gasteiger partial charge in [-0.15, -0.1) is 0 Å². The summed E-state index contributed by atoms with van der Waals surface area (Å²) in [6.07, 6.45) is 2.55. The van der Waals surface area contributed by atoms with Gasteiger partial charge in [0.2, 0.25) is 5.91 Å². The lowest BCUT2D eigenvalue weighted by atomic mass is 9.85. The van der Waals surface area contributed by atoms with Crippen molar-refractivity contribution in [1.29, 1.82) is 10.5 Å². The maximum Gasteiger partial charge on any atom is 0.250 e. The summed E-state index contributed by atoms with van der Waals surface area (Å²) >= 11 is 0. The van der Waals surface area contributed by atoms with Crippen molar-refractivity contribution in [2.24, 2.45) is 0 Å². The smallest absolute Gasteiger partial charge is 0.250 e. The number of ketones is 1. The van der Waals surface area contributed by atoms with Crippen LogP contribution in [0.15, 0.2) is 96.6 Å². The summed E-state index contributed by atoms with van der Waals surface area (Å²) in [6.45, 7) is 8.86. The van der Waals surface area contributed by atoms with Gasteiger partial charge in [-0.3, -0.25) is 9.59 Å². The zero-order valence-electron chi connectivity index (χ0n) is 29.3. The second-order valence-electron chi connectivity index (χ2n) is 13.4. The van der Waals surface area contributed by atoms with Crippen LogP contribution < -0.4 is 9.80 Å². The first-order valence-corrected chi connectivity index (χ1v) is 17.7. The number of halogens is 1. The molecule has 2 aliphatic rings. The zero-order valence-corrected chi connectivity index (χ0v) is 29.3. The fourth-order valence-corrected chi connectivity index (χ4v) is 7.47. The van der Waals surface area contributed by atoms with E-state index < -0.39 is 5.54 Å². The quantitative estimate of drug-likeness (QED) is 0.113. The molecule has 0 unspecified atom stereocenters. The first-order valence-electron chi connectivity index (χ1n) is 17.7. The fourth-order valence-electron chi connectivity index (χ4n) is 7.47. The maximum atomic E-state index is 14.4. The van der Waals surface area contributed by atoms with Gasteiger partial charge in [0, 0.05) is 56.1 Å². The number of benzene rings is 4. The molecule has 4 aromatic rings. The lowest BCUT2D eigenvalue weighted by Gasteiger charge is -2.43. The van der Waals surface area contributed by atoms with Crippen LogP contribution in [0.25, 0.3) is 16.3 Å². The molecule has 9 heteroatoms. The van der Waals surface area contributed by atoms with E-state index in [9.17, 15) is 24.5 Å². The number of rotatable bonds is 12. The van der Waals surface area contributed by atoms with Crippen molar-refractivity contribution in [2.45, 2.75) is 45.1 Å². The number of likely N-dealkylation sites (N-methyl/N-ethyl adjacent to an activating group) is 1. The van der Waals surface area contributed by atoms with Crippen LogP contribution in [-0.4, -0.2) is 73.0 Å². The molecular weight excluding hydrogens is 640 g/mol. The van der Waals surface area contributed by atoms with E-state index in [1.807, 2.05) is 53.4 Å². The van der Waals surface area contributed by atoms with Gasteiger partial charge in [0.05, 0.1) is 6.67 Å². The molecule has 2 saturated heterocycles. The maximum absolute atomic E-state index is 14.4. The molecule has 0 aliphatic carbocycles. The van der Waals surface area contributed by atoms with Crippen LogP contribution >= 0.6 is 0 Å². The van der Waals surface area contributed by atoms with Crippen molar-refractivity contribution < 1.29 is 14.0 Å². The van der Waals surface area contributed by atoms with E-state index in [2.05, 4.69) is 52.0 Å². The van der Waals surface area contributed by atoms with Gasteiger partial charge < -0.3 is 19.6 Å². The highest BCUT2D eigenvalue weighted by molar-refractivity contribution is 5.96. The molecule has 6 rings (SSSR count). The van der Waals surface area contributed by atoms with Gasteiger partial charge in [-0.1, -0.05) is 36.4 Å². The number of para-hydroxylation sites is 1. The number of carbonyl (C=O) groups is 2. The number of amides is 1. The molecule has 0 radical (unpaired) electrons. The summed E-state index contributed by atoms with van der Waals surface area (Å²) < 4.78 is 13.3. The topological polar surface area (TPSA) is 94.7 Å². The Hall–Kier alpha value is -5.51. The predicted octanol–water partition coefficient (Wildman–Crippen LogP) is 7.43. The molecule has 0 N–H and O–H groups in total. The SMILES string of the molecule is CCN(CCN1CN(c2ccccc2)C2(CCN(CCCC(=O)c3ccc(F)cc3)CC2)C1=O)c1ccc2cc(C(C)=C(C#N)C#N)ccc2c1. The molecule has 2 fully saturated rings. The number of piperidine rings is 1. The Morgan fingerprint density at radius 3 is 2.24 bits per heavy atom. The molecule has 8 nitrogen and oxygen atoms in total. The number of carbonyl (C=O) groups excluding carboxylic acids is 2. The molecule has 2 heterocycles. The van der Waals surface area contributed by atoms with Crippen LogP contribution in [0.3, 0.4) is 0 Å². The predicted molar refractivity (Wildman–Crippen MR) is 200 cm³/mol. The Labute approximate surface area is 299 Å². The Balaban J connectivity index is 1.11. The summed E-state index contributed by atoms with van der Waals surface area (Å²) in [5.41, 5.74) is 3.69. The van der Waals surface area contributed by atoms with Crippen molar-refractivity contribution in [3.8, 4) is 12.1 Å². The average Bonchev–Trinajstić information content (AvgIpc) is 3.43. The monoisotopic (exact) mass is 682 g/mol. The van der Waals surface area contributed by atoms with Gasteiger partial charge in [-0.05, 0) is 116 Å². The number of nitrogens with zero attached hydrogens (tertiary/aromatic N) is 6.